The van der Waals surface area contributed by atoms with Gasteiger partial charge in [-0.3, -0.25) is 4.79 Å². The van der Waals surface area contributed by atoms with Crippen LogP contribution >= 0.6 is 11.6 Å². The standard InChI is InChI=1S/C24H31ClO3/c1-19(17-25)12-14-24(2)15-13-23(22(24)7-5-4-6-16-26)28-18-20-8-10-21(27-3)11-9-20/h4-12,16,22-23H,13-15,17-18H2,1-3H3/b6-4+,7-5+,19-12-/t22-,23-,24-/m1/s1. The first-order chi connectivity index (χ1) is 13.5. The zero-order valence-electron chi connectivity index (χ0n) is 17.1. The lowest BCUT2D eigenvalue weighted by Crippen LogP contribution is -2.27. The fourth-order valence-electron chi connectivity index (χ4n) is 3.73. The van der Waals surface area contributed by atoms with E-state index < -0.39 is 0 Å². The van der Waals surface area contributed by atoms with Crippen LogP contribution < -0.4 is 4.74 Å². The molecule has 1 aromatic rings. The Kier molecular flexibility index (Phi) is 9.01. The molecule has 2 rings (SSSR count). The highest BCUT2D eigenvalue weighted by Gasteiger charge is 2.43. The monoisotopic (exact) mass is 402 g/mol. The number of carbonyl (C=O) groups is 1. The number of carbonyl (C=O) groups excluding carboxylic acids is 1. The van der Waals surface area contributed by atoms with Gasteiger partial charge in [-0.2, -0.15) is 0 Å². The van der Waals surface area contributed by atoms with Crippen molar-refractivity contribution in [1.29, 1.82) is 0 Å². The second kappa shape index (κ2) is 11.2. The quantitative estimate of drug-likeness (QED) is 0.161. The van der Waals surface area contributed by atoms with Crippen LogP contribution in [0.3, 0.4) is 0 Å². The van der Waals surface area contributed by atoms with Crippen molar-refractivity contribution in [2.24, 2.45) is 11.3 Å². The van der Waals surface area contributed by atoms with Crippen LogP contribution in [0.1, 0.15) is 38.7 Å². The first-order valence-corrected chi connectivity index (χ1v) is 10.3. The van der Waals surface area contributed by atoms with Crippen LogP contribution in [0, 0.1) is 11.3 Å². The molecule has 28 heavy (non-hydrogen) atoms. The number of alkyl halides is 1. The minimum atomic E-state index is 0.114. The lowest BCUT2D eigenvalue weighted by Gasteiger charge is -2.31. The topological polar surface area (TPSA) is 35.5 Å². The normalized spacial score (nSPS) is 25.6. The predicted octanol–water partition coefficient (Wildman–Crippen LogP) is 5.88. The second-order valence-electron chi connectivity index (χ2n) is 7.71. The number of rotatable bonds is 10. The maximum atomic E-state index is 10.5. The van der Waals surface area contributed by atoms with Crippen LogP contribution in [0.5, 0.6) is 5.75 Å². The molecule has 152 valence electrons. The molecule has 1 aromatic carbocycles. The summed E-state index contributed by atoms with van der Waals surface area (Å²) in [6, 6.07) is 7.99. The molecule has 0 spiro atoms. The second-order valence-corrected chi connectivity index (χ2v) is 7.98. The Bertz CT molecular complexity index is 705. The zero-order valence-corrected chi connectivity index (χ0v) is 17.8. The number of methoxy groups -OCH3 is 1. The molecular weight excluding hydrogens is 372 g/mol. The van der Waals surface area contributed by atoms with E-state index in [2.05, 4.69) is 26.0 Å². The Morgan fingerprint density at radius 3 is 2.64 bits per heavy atom. The summed E-state index contributed by atoms with van der Waals surface area (Å²) in [5.41, 5.74) is 2.45. The van der Waals surface area contributed by atoms with Gasteiger partial charge < -0.3 is 9.47 Å². The molecule has 0 bridgehead atoms. The molecule has 1 aliphatic carbocycles. The molecule has 0 amide bonds. The van der Waals surface area contributed by atoms with Gasteiger partial charge in [0.25, 0.3) is 0 Å². The SMILES string of the molecule is COc1ccc(CO[C@@H]2CC[C@@](C)(C/C=C(/C)CCl)[C@@H]2/C=C/C=C/C=O)cc1. The number of benzene rings is 1. The zero-order chi connectivity index (χ0) is 20.4. The number of hydrogen-bond donors (Lipinski definition) is 0. The summed E-state index contributed by atoms with van der Waals surface area (Å²) in [7, 11) is 1.67. The van der Waals surface area contributed by atoms with Gasteiger partial charge in [0, 0.05) is 11.8 Å². The number of hydrogen-bond acceptors (Lipinski definition) is 3. The minimum absolute atomic E-state index is 0.114. The van der Waals surface area contributed by atoms with E-state index in [9.17, 15) is 4.79 Å². The van der Waals surface area contributed by atoms with Gasteiger partial charge in [0.15, 0.2) is 0 Å². The molecule has 1 fully saturated rings. The van der Waals surface area contributed by atoms with Gasteiger partial charge in [0.05, 0.1) is 19.8 Å². The molecule has 0 saturated heterocycles. The smallest absolute Gasteiger partial charge is 0.142 e. The lowest BCUT2D eigenvalue weighted by molar-refractivity contribution is -0.104. The molecule has 0 N–H and O–H groups in total. The van der Waals surface area contributed by atoms with E-state index in [0.717, 1.165) is 36.9 Å². The molecule has 4 heteroatoms. The average molecular weight is 403 g/mol. The van der Waals surface area contributed by atoms with Crippen molar-refractivity contribution < 1.29 is 14.3 Å². The van der Waals surface area contributed by atoms with Crippen LogP contribution in [-0.4, -0.2) is 25.4 Å². The van der Waals surface area contributed by atoms with Crippen molar-refractivity contribution in [3.8, 4) is 5.75 Å². The highest BCUT2D eigenvalue weighted by Crippen LogP contribution is 2.48. The van der Waals surface area contributed by atoms with E-state index in [1.807, 2.05) is 30.3 Å². The summed E-state index contributed by atoms with van der Waals surface area (Å²) in [6.07, 6.45) is 13.7. The third-order valence-electron chi connectivity index (χ3n) is 5.58. The van der Waals surface area contributed by atoms with Gasteiger partial charge in [0.2, 0.25) is 0 Å². The van der Waals surface area contributed by atoms with Crippen molar-refractivity contribution in [2.75, 3.05) is 13.0 Å². The van der Waals surface area contributed by atoms with E-state index >= 15 is 0 Å². The molecule has 3 nitrogen and oxygen atoms in total. The van der Waals surface area contributed by atoms with Gasteiger partial charge in [-0.1, -0.05) is 48.9 Å². The van der Waals surface area contributed by atoms with Crippen molar-refractivity contribution in [1.82, 2.24) is 0 Å². The van der Waals surface area contributed by atoms with E-state index in [1.54, 1.807) is 13.2 Å². The van der Waals surface area contributed by atoms with Crippen LogP contribution in [0.2, 0.25) is 0 Å². The van der Waals surface area contributed by atoms with Crippen LogP contribution in [0.15, 0.2) is 60.2 Å². The Balaban J connectivity index is 2.10. The molecule has 1 aliphatic rings. The van der Waals surface area contributed by atoms with E-state index in [1.165, 1.54) is 11.6 Å². The van der Waals surface area contributed by atoms with Gasteiger partial charge in [0.1, 0.15) is 12.0 Å². The summed E-state index contributed by atoms with van der Waals surface area (Å²) < 4.78 is 11.5. The fraction of sp³-hybridized carbons (Fsp3) is 0.458. The molecule has 0 aliphatic heterocycles. The van der Waals surface area contributed by atoms with Crippen LogP contribution in [-0.2, 0) is 16.1 Å². The van der Waals surface area contributed by atoms with Crippen molar-refractivity contribution >= 4 is 17.9 Å². The largest absolute Gasteiger partial charge is 0.497 e. The summed E-state index contributed by atoms with van der Waals surface area (Å²) in [5, 5.41) is 0. The van der Waals surface area contributed by atoms with Gasteiger partial charge in [-0.15, -0.1) is 11.6 Å². The van der Waals surface area contributed by atoms with Crippen LogP contribution in [0.25, 0.3) is 0 Å². The Morgan fingerprint density at radius 2 is 2.00 bits per heavy atom. The summed E-state index contributed by atoms with van der Waals surface area (Å²) in [6.45, 7) is 4.97. The molecule has 0 heterocycles. The predicted molar refractivity (Wildman–Crippen MR) is 116 cm³/mol. The number of ether oxygens (including phenoxy) is 2. The minimum Gasteiger partial charge on any atom is -0.497 e. The number of allylic oxidation sites excluding steroid dienone is 5. The molecule has 3 atom stereocenters. The number of aldehydes is 1. The highest BCUT2D eigenvalue weighted by atomic mass is 35.5. The molecule has 0 unspecified atom stereocenters. The summed E-state index contributed by atoms with van der Waals surface area (Å²) in [5.74, 6) is 1.69. The molecular formula is C24H31ClO3. The van der Waals surface area contributed by atoms with E-state index in [4.69, 9.17) is 21.1 Å². The van der Waals surface area contributed by atoms with Gasteiger partial charge >= 0.3 is 0 Å². The lowest BCUT2D eigenvalue weighted by atomic mass is 9.76. The average Bonchev–Trinajstić information content (AvgIpc) is 3.04. The third-order valence-corrected chi connectivity index (χ3v) is 6.00. The summed E-state index contributed by atoms with van der Waals surface area (Å²) in [4.78, 5) is 10.5. The third kappa shape index (κ3) is 6.35. The van der Waals surface area contributed by atoms with Crippen molar-refractivity contribution in [3.63, 3.8) is 0 Å². The Morgan fingerprint density at radius 1 is 1.25 bits per heavy atom. The van der Waals surface area contributed by atoms with Gasteiger partial charge in [-0.05, 0) is 55.4 Å². The van der Waals surface area contributed by atoms with Crippen molar-refractivity contribution in [2.45, 2.75) is 45.8 Å². The first-order valence-electron chi connectivity index (χ1n) is 9.77. The highest BCUT2D eigenvalue weighted by molar-refractivity contribution is 6.19. The Labute approximate surface area is 174 Å². The van der Waals surface area contributed by atoms with E-state index in [-0.39, 0.29) is 17.4 Å². The fourth-order valence-corrected chi connectivity index (χ4v) is 3.84. The Hall–Kier alpha value is -1.84. The first kappa shape index (κ1) is 22.4. The number of halogens is 1. The summed E-state index contributed by atoms with van der Waals surface area (Å²) >= 11 is 5.95. The molecule has 0 aromatic heterocycles. The van der Waals surface area contributed by atoms with E-state index in [0.29, 0.717) is 12.5 Å². The maximum Gasteiger partial charge on any atom is 0.142 e. The van der Waals surface area contributed by atoms with Gasteiger partial charge in [-0.25, -0.2) is 0 Å². The van der Waals surface area contributed by atoms with Crippen LogP contribution in [0.4, 0.5) is 0 Å². The maximum absolute atomic E-state index is 10.5. The molecule has 0 radical (unpaired) electrons. The molecule has 1 saturated carbocycles. The van der Waals surface area contributed by atoms with Crippen molar-refractivity contribution in [3.05, 3.63) is 65.8 Å².